The lowest BCUT2D eigenvalue weighted by molar-refractivity contribution is 0.136. The fourth-order valence-electron chi connectivity index (χ4n) is 4.51. The molecule has 0 radical (unpaired) electrons. The number of rotatable bonds is 3. The number of hydrogen-bond acceptors (Lipinski definition) is 3. The average Bonchev–Trinajstić information content (AvgIpc) is 2.81. The number of likely N-dealkylation sites (N-methyl/N-ethyl adjacent to an activating group) is 1. The van der Waals surface area contributed by atoms with Gasteiger partial charge >= 0.3 is 0 Å². The van der Waals surface area contributed by atoms with E-state index in [2.05, 4.69) is 29.2 Å². The highest BCUT2D eigenvalue weighted by molar-refractivity contribution is 4.94. The summed E-state index contributed by atoms with van der Waals surface area (Å²) in [5, 5.41) is 3.92. The van der Waals surface area contributed by atoms with Crippen molar-refractivity contribution < 1.29 is 0 Å². The lowest BCUT2D eigenvalue weighted by atomic mass is 9.85. The van der Waals surface area contributed by atoms with Crippen molar-refractivity contribution in [2.75, 3.05) is 33.7 Å². The van der Waals surface area contributed by atoms with Gasteiger partial charge in [-0.05, 0) is 65.2 Å². The molecule has 3 rings (SSSR count). The summed E-state index contributed by atoms with van der Waals surface area (Å²) in [5.74, 6) is 0.990. The molecule has 2 aliphatic heterocycles. The second kappa shape index (κ2) is 6.11. The van der Waals surface area contributed by atoms with Crippen LogP contribution in [0.25, 0.3) is 0 Å². The Morgan fingerprint density at radius 3 is 2.58 bits per heavy atom. The van der Waals surface area contributed by atoms with E-state index >= 15 is 0 Å². The zero-order valence-electron chi connectivity index (χ0n) is 12.8. The summed E-state index contributed by atoms with van der Waals surface area (Å²) >= 11 is 0. The van der Waals surface area contributed by atoms with Crippen molar-refractivity contribution in [1.82, 2.24) is 15.1 Å². The molecule has 0 spiro atoms. The first-order valence-electron chi connectivity index (χ1n) is 8.37. The van der Waals surface area contributed by atoms with Gasteiger partial charge < -0.3 is 15.1 Å². The van der Waals surface area contributed by atoms with Gasteiger partial charge in [-0.1, -0.05) is 12.8 Å². The van der Waals surface area contributed by atoms with Gasteiger partial charge in [0, 0.05) is 24.7 Å². The first-order chi connectivity index (χ1) is 9.22. The van der Waals surface area contributed by atoms with Crippen molar-refractivity contribution in [1.29, 1.82) is 0 Å². The molecule has 19 heavy (non-hydrogen) atoms. The Morgan fingerprint density at radius 2 is 1.84 bits per heavy atom. The molecule has 0 bridgehead atoms. The Morgan fingerprint density at radius 1 is 1.11 bits per heavy atom. The zero-order valence-corrected chi connectivity index (χ0v) is 12.8. The van der Waals surface area contributed by atoms with E-state index in [0.717, 1.165) is 24.0 Å². The molecule has 1 saturated carbocycles. The summed E-state index contributed by atoms with van der Waals surface area (Å²) in [5.41, 5.74) is 0. The SMILES string of the molecule is CN1CCC(N(C)CC2CC3CCCCC3N2)CC1. The highest BCUT2D eigenvalue weighted by Crippen LogP contribution is 2.33. The van der Waals surface area contributed by atoms with E-state index in [9.17, 15) is 0 Å². The molecule has 0 aromatic carbocycles. The van der Waals surface area contributed by atoms with Gasteiger partial charge in [0.2, 0.25) is 0 Å². The number of piperidine rings is 1. The molecule has 2 saturated heterocycles. The molecule has 110 valence electrons. The van der Waals surface area contributed by atoms with Crippen molar-refractivity contribution >= 4 is 0 Å². The van der Waals surface area contributed by atoms with Crippen LogP contribution in [0.5, 0.6) is 0 Å². The average molecular weight is 265 g/mol. The lowest BCUT2D eigenvalue weighted by Crippen LogP contribution is -2.46. The fourth-order valence-corrected chi connectivity index (χ4v) is 4.51. The van der Waals surface area contributed by atoms with Gasteiger partial charge in [0.25, 0.3) is 0 Å². The first-order valence-corrected chi connectivity index (χ1v) is 8.37. The van der Waals surface area contributed by atoms with E-state index in [1.165, 1.54) is 64.6 Å². The largest absolute Gasteiger partial charge is 0.310 e. The fraction of sp³-hybridized carbons (Fsp3) is 1.00. The minimum Gasteiger partial charge on any atom is -0.310 e. The summed E-state index contributed by atoms with van der Waals surface area (Å²) in [6.07, 6.45) is 9.97. The van der Waals surface area contributed by atoms with Gasteiger partial charge in [0.1, 0.15) is 0 Å². The standard InChI is InChI=1S/C16H31N3/c1-18-9-7-15(8-10-18)19(2)12-14-11-13-5-3-4-6-16(13)17-14/h13-17H,3-12H2,1-2H3. The van der Waals surface area contributed by atoms with Crippen LogP contribution in [0.2, 0.25) is 0 Å². The summed E-state index contributed by atoms with van der Waals surface area (Å²) in [6.45, 7) is 3.82. The van der Waals surface area contributed by atoms with Gasteiger partial charge in [0.05, 0.1) is 0 Å². The van der Waals surface area contributed by atoms with Crippen LogP contribution in [0.4, 0.5) is 0 Å². The molecule has 1 N–H and O–H groups in total. The number of hydrogen-bond donors (Lipinski definition) is 1. The molecular formula is C16H31N3. The third-order valence-corrected chi connectivity index (χ3v) is 5.77. The Kier molecular flexibility index (Phi) is 4.45. The van der Waals surface area contributed by atoms with Crippen LogP contribution in [-0.2, 0) is 0 Å². The van der Waals surface area contributed by atoms with E-state index in [-0.39, 0.29) is 0 Å². The monoisotopic (exact) mass is 265 g/mol. The Hall–Kier alpha value is -0.120. The van der Waals surface area contributed by atoms with Crippen molar-refractivity contribution in [2.24, 2.45) is 5.92 Å². The van der Waals surface area contributed by atoms with Crippen LogP contribution in [0.15, 0.2) is 0 Å². The molecule has 0 aromatic heterocycles. The first kappa shape index (κ1) is 13.8. The molecule has 3 atom stereocenters. The highest BCUT2D eigenvalue weighted by Gasteiger charge is 2.35. The van der Waals surface area contributed by atoms with E-state index in [0.29, 0.717) is 0 Å². The van der Waals surface area contributed by atoms with E-state index in [1.807, 2.05) is 0 Å². The van der Waals surface area contributed by atoms with Crippen LogP contribution >= 0.6 is 0 Å². The smallest absolute Gasteiger partial charge is 0.0200 e. The van der Waals surface area contributed by atoms with Gasteiger partial charge in [-0.3, -0.25) is 0 Å². The molecule has 2 heterocycles. The molecule has 3 aliphatic rings. The number of fused-ring (bicyclic) bond motifs is 1. The van der Waals surface area contributed by atoms with Crippen LogP contribution in [0, 0.1) is 5.92 Å². The maximum Gasteiger partial charge on any atom is 0.0200 e. The summed E-state index contributed by atoms with van der Waals surface area (Å²) in [6, 6.07) is 2.43. The van der Waals surface area contributed by atoms with Crippen LogP contribution < -0.4 is 5.32 Å². The van der Waals surface area contributed by atoms with Gasteiger partial charge in [-0.2, -0.15) is 0 Å². The summed E-state index contributed by atoms with van der Waals surface area (Å²) in [7, 11) is 4.60. The second-order valence-corrected chi connectivity index (χ2v) is 7.22. The Labute approximate surface area is 118 Å². The van der Waals surface area contributed by atoms with Crippen LogP contribution in [-0.4, -0.2) is 61.7 Å². The topological polar surface area (TPSA) is 18.5 Å². The normalized spacial score (nSPS) is 37.7. The molecule has 3 unspecified atom stereocenters. The Balaban J connectivity index is 1.46. The quantitative estimate of drug-likeness (QED) is 0.841. The molecule has 3 heteroatoms. The Bertz CT molecular complexity index is 272. The van der Waals surface area contributed by atoms with Crippen molar-refractivity contribution in [2.45, 2.75) is 63.1 Å². The molecule has 3 fully saturated rings. The van der Waals surface area contributed by atoms with Crippen LogP contribution in [0.1, 0.15) is 44.9 Å². The number of nitrogens with one attached hydrogen (secondary N) is 1. The van der Waals surface area contributed by atoms with E-state index in [1.54, 1.807) is 0 Å². The van der Waals surface area contributed by atoms with Crippen molar-refractivity contribution in [3.63, 3.8) is 0 Å². The number of likely N-dealkylation sites (tertiary alicyclic amines) is 1. The molecule has 0 aromatic rings. The predicted octanol–water partition coefficient (Wildman–Crippen LogP) is 1.93. The third-order valence-electron chi connectivity index (χ3n) is 5.77. The van der Waals surface area contributed by atoms with Gasteiger partial charge in [-0.25, -0.2) is 0 Å². The third kappa shape index (κ3) is 3.32. The summed E-state index contributed by atoms with van der Waals surface area (Å²) in [4.78, 5) is 5.11. The maximum absolute atomic E-state index is 3.92. The number of nitrogens with zero attached hydrogens (tertiary/aromatic N) is 2. The zero-order chi connectivity index (χ0) is 13.2. The van der Waals surface area contributed by atoms with Crippen molar-refractivity contribution in [3.05, 3.63) is 0 Å². The van der Waals surface area contributed by atoms with Crippen molar-refractivity contribution in [3.8, 4) is 0 Å². The predicted molar refractivity (Wildman–Crippen MR) is 80.4 cm³/mol. The molecule has 1 aliphatic carbocycles. The highest BCUT2D eigenvalue weighted by atomic mass is 15.2. The molecular weight excluding hydrogens is 234 g/mol. The second-order valence-electron chi connectivity index (χ2n) is 7.22. The minimum absolute atomic E-state index is 0.762. The van der Waals surface area contributed by atoms with Gasteiger partial charge in [0.15, 0.2) is 0 Å². The van der Waals surface area contributed by atoms with Crippen LogP contribution in [0.3, 0.4) is 0 Å². The summed E-state index contributed by atoms with van der Waals surface area (Å²) < 4.78 is 0. The lowest BCUT2D eigenvalue weighted by Gasteiger charge is -2.36. The molecule has 3 nitrogen and oxygen atoms in total. The molecule has 0 amide bonds. The van der Waals surface area contributed by atoms with E-state index < -0.39 is 0 Å². The van der Waals surface area contributed by atoms with Gasteiger partial charge in [-0.15, -0.1) is 0 Å². The minimum atomic E-state index is 0.762. The van der Waals surface area contributed by atoms with E-state index in [4.69, 9.17) is 0 Å². The maximum atomic E-state index is 3.92.